The summed E-state index contributed by atoms with van der Waals surface area (Å²) >= 11 is 3.36. The van der Waals surface area contributed by atoms with Gasteiger partial charge in [-0.15, -0.1) is 0 Å². The van der Waals surface area contributed by atoms with Crippen LogP contribution in [0, 0.1) is 0 Å². The van der Waals surface area contributed by atoms with Crippen molar-refractivity contribution < 1.29 is 13.5 Å². The molecule has 0 saturated heterocycles. The summed E-state index contributed by atoms with van der Waals surface area (Å²) in [6, 6.07) is 5.68. The average Bonchev–Trinajstić information content (AvgIpc) is 3.21. The van der Waals surface area contributed by atoms with E-state index in [9.17, 15) is 8.78 Å². The third-order valence-corrected chi connectivity index (χ3v) is 3.69. The summed E-state index contributed by atoms with van der Waals surface area (Å²) in [7, 11) is 0. The van der Waals surface area contributed by atoms with E-state index in [2.05, 4.69) is 32.9 Å². The van der Waals surface area contributed by atoms with E-state index in [4.69, 9.17) is 0 Å². The lowest BCUT2D eigenvalue weighted by atomic mass is 10.1. The first-order chi connectivity index (χ1) is 9.58. The Morgan fingerprint density at radius 2 is 2.25 bits per heavy atom. The highest BCUT2D eigenvalue weighted by atomic mass is 79.9. The maximum atomic E-state index is 12.4. The number of hydrogen-bond acceptors (Lipinski definition) is 2. The van der Waals surface area contributed by atoms with Crippen molar-refractivity contribution in [3.8, 4) is 5.75 Å². The van der Waals surface area contributed by atoms with Crippen LogP contribution in [0.1, 0.15) is 31.7 Å². The van der Waals surface area contributed by atoms with Crippen molar-refractivity contribution in [1.82, 2.24) is 5.32 Å². The molecule has 1 aliphatic carbocycles. The largest absolute Gasteiger partial charge is 0.434 e. The summed E-state index contributed by atoms with van der Waals surface area (Å²) in [5.41, 5.74) is 1.85. The van der Waals surface area contributed by atoms with E-state index in [-0.39, 0.29) is 5.75 Å². The lowest BCUT2D eigenvalue weighted by Gasteiger charge is -2.11. The zero-order valence-corrected chi connectivity index (χ0v) is 12.9. The molecule has 0 amide bonds. The molecular formula is C15H18BrF2NO. The zero-order valence-electron chi connectivity index (χ0n) is 11.3. The van der Waals surface area contributed by atoms with Crippen molar-refractivity contribution in [2.24, 2.45) is 0 Å². The van der Waals surface area contributed by atoms with Gasteiger partial charge in [-0.3, -0.25) is 0 Å². The van der Waals surface area contributed by atoms with Gasteiger partial charge in [0, 0.05) is 22.6 Å². The summed E-state index contributed by atoms with van der Waals surface area (Å²) in [6.07, 6.45) is 5.26. The first-order valence-corrected chi connectivity index (χ1v) is 7.55. The number of halogens is 3. The van der Waals surface area contributed by atoms with Gasteiger partial charge in [0.25, 0.3) is 0 Å². The van der Waals surface area contributed by atoms with E-state index < -0.39 is 6.61 Å². The minimum atomic E-state index is -2.81. The maximum absolute atomic E-state index is 12.4. The number of hydrogen-bond donors (Lipinski definition) is 1. The molecule has 1 saturated carbocycles. The maximum Gasteiger partial charge on any atom is 0.387 e. The van der Waals surface area contributed by atoms with Crippen LogP contribution in [0.3, 0.4) is 0 Å². The quantitative estimate of drug-likeness (QED) is 0.779. The van der Waals surface area contributed by atoms with Crippen LogP contribution >= 0.6 is 15.9 Å². The normalized spacial score (nSPS) is 15.8. The predicted molar refractivity (Wildman–Crippen MR) is 80.1 cm³/mol. The Bertz CT molecular complexity index is 487. The van der Waals surface area contributed by atoms with Crippen molar-refractivity contribution in [2.45, 2.75) is 38.8 Å². The Labute approximate surface area is 126 Å². The molecule has 2 nitrogen and oxygen atoms in total. The topological polar surface area (TPSA) is 21.3 Å². The fourth-order valence-corrected chi connectivity index (χ4v) is 2.28. The second kappa shape index (κ2) is 7.18. The van der Waals surface area contributed by atoms with Crippen LogP contribution in [0.25, 0.3) is 6.08 Å². The Morgan fingerprint density at radius 1 is 1.50 bits per heavy atom. The molecule has 1 aliphatic rings. The number of benzene rings is 1. The van der Waals surface area contributed by atoms with E-state index in [1.165, 1.54) is 18.4 Å². The molecule has 5 heteroatoms. The fraction of sp³-hybridized carbons (Fsp3) is 0.467. The smallest absolute Gasteiger partial charge is 0.387 e. The van der Waals surface area contributed by atoms with Gasteiger partial charge in [0.2, 0.25) is 0 Å². The minimum absolute atomic E-state index is 0.209. The molecule has 2 rings (SSSR count). The molecule has 1 aromatic carbocycles. The molecule has 1 N–H and O–H groups in total. The van der Waals surface area contributed by atoms with Crippen LogP contribution in [0.4, 0.5) is 8.78 Å². The molecule has 0 unspecified atom stereocenters. The van der Waals surface area contributed by atoms with Gasteiger partial charge in [0.05, 0.1) is 0 Å². The molecule has 0 aliphatic heterocycles. The predicted octanol–water partition coefficient (Wildman–Crippen LogP) is 4.60. The van der Waals surface area contributed by atoms with Crippen LogP contribution in [0.2, 0.25) is 0 Å². The van der Waals surface area contributed by atoms with Crippen LogP contribution in [0.15, 0.2) is 28.2 Å². The van der Waals surface area contributed by atoms with Crippen molar-refractivity contribution in [1.29, 1.82) is 0 Å². The number of ether oxygens (including phenoxy) is 1. The Hall–Kier alpha value is -0.940. The highest BCUT2D eigenvalue weighted by molar-refractivity contribution is 9.10. The monoisotopic (exact) mass is 345 g/mol. The highest BCUT2D eigenvalue weighted by Crippen LogP contribution is 2.27. The molecule has 0 bridgehead atoms. The molecule has 0 radical (unpaired) electrons. The summed E-state index contributed by atoms with van der Waals surface area (Å²) in [5.74, 6) is 0.209. The third kappa shape index (κ3) is 4.87. The Balaban J connectivity index is 2.16. The fourth-order valence-electron chi connectivity index (χ4n) is 1.90. The summed E-state index contributed by atoms with van der Waals surface area (Å²) in [4.78, 5) is 0. The molecule has 0 atom stereocenters. The Kier molecular flexibility index (Phi) is 5.54. The van der Waals surface area contributed by atoms with Gasteiger partial charge in [-0.2, -0.15) is 8.78 Å². The van der Waals surface area contributed by atoms with E-state index >= 15 is 0 Å². The summed E-state index contributed by atoms with van der Waals surface area (Å²) < 4.78 is 30.2. The van der Waals surface area contributed by atoms with E-state index in [0.29, 0.717) is 11.6 Å². The minimum Gasteiger partial charge on any atom is -0.434 e. The molecule has 0 heterocycles. The molecule has 0 spiro atoms. The molecule has 20 heavy (non-hydrogen) atoms. The number of alkyl halides is 2. The molecule has 1 fully saturated rings. The second-order valence-electron chi connectivity index (χ2n) is 4.87. The summed E-state index contributed by atoms with van der Waals surface area (Å²) in [5, 5.41) is 3.43. The standard InChI is InChI=1S/C15H18BrF2NO/c1-2-10(9-19-13-4-5-13)7-11-8-12(16)3-6-14(11)20-15(17)18/h3,6-8,13,15,19H,2,4-5,9H2,1H3. The van der Waals surface area contributed by atoms with E-state index in [1.807, 2.05) is 6.08 Å². The Morgan fingerprint density at radius 3 is 2.85 bits per heavy atom. The van der Waals surface area contributed by atoms with Gasteiger partial charge < -0.3 is 10.1 Å². The van der Waals surface area contributed by atoms with E-state index in [1.54, 1.807) is 18.2 Å². The van der Waals surface area contributed by atoms with Crippen molar-refractivity contribution in [3.63, 3.8) is 0 Å². The van der Waals surface area contributed by atoms with Crippen LogP contribution in [0.5, 0.6) is 5.75 Å². The van der Waals surface area contributed by atoms with E-state index in [0.717, 1.165) is 17.4 Å². The van der Waals surface area contributed by atoms with Crippen LogP contribution in [-0.4, -0.2) is 19.2 Å². The third-order valence-electron chi connectivity index (χ3n) is 3.20. The average molecular weight is 346 g/mol. The molecule has 110 valence electrons. The van der Waals surface area contributed by atoms with Gasteiger partial charge in [0.15, 0.2) is 0 Å². The van der Waals surface area contributed by atoms with Crippen molar-refractivity contribution in [3.05, 3.63) is 33.8 Å². The van der Waals surface area contributed by atoms with Crippen molar-refractivity contribution >= 4 is 22.0 Å². The zero-order chi connectivity index (χ0) is 14.5. The van der Waals surface area contributed by atoms with Crippen LogP contribution < -0.4 is 10.1 Å². The van der Waals surface area contributed by atoms with Gasteiger partial charge in [0.1, 0.15) is 5.75 Å². The SMILES string of the molecule is CCC(=Cc1cc(Br)ccc1OC(F)F)CNC1CC1. The van der Waals surface area contributed by atoms with Crippen molar-refractivity contribution in [2.75, 3.05) is 6.54 Å². The van der Waals surface area contributed by atoms with Gasteiger partial charge >= 0.3 is 6.61 Å². The van der Waals surface area contributed by atoms with Crippen LogP contribution in [-0.2, 0) is 0 Å². The van der Waals surface area contributed by atoms with Gasteiger partial charge in [-0.1, -0.05) is 34.5 Å². The van der Waals surface area contributed by atoms with Gasteiger partial charge in [-0.05, 0) is 37.5 Å². The number of nitrogens with one attached hydrogen (secondary N) is 1. The summed E-state index contributed by atoms with van der Waals surface area (Å²) in [6.45, 7) is 0.0476. The highest BCUT2D eigenvalue weighted by Gasteiger charge is 2.20. The molecule has 1 aromatic rings. The first kappa shape index (κ1) is 15.4. The first-order valence-electron chi connectivity index (χ1n) is 6.75. The number of rotatable bonds is 7. The second-order valence-corrected chi connectivity index (χ2v) is 5.79. The lowest BCUT2D eigenvalue weighted by molar-refractivity contribution is -0.0500. The molecule has 0 aromatic heterocycles. The lowest BCUT2D eigenvalue weighted by Crippen LogP contribution is -2.19. The van der Waals surface area contributed by atoms with Gasteiger partial charge in [-0.25, -0.2) is 0 Å². The molecular weight excluding hydrogens is 328 g/mol.